The predicted octanol–water partition coefficient (Wildman–Crippen LogP) is 4.59. The largest absolute Gasteiger partial charge is 0.322 e. The van der Waals surface area contributed by atoms with Crippen molar-refractivity contribution in [2.75, 3.05) is 23.7 Å². The molecule has 34 heavy (non-hydrogen) atoms. The Labute approximate surface area is 199 Å². The molecule has 0 spiro atoms. The second-order valence-corrected chi connectivity index (χ2v) is 10.3. The second kappa shape index (κ2) is 9.79. The maximum Gasteiger partial charge on any atom is 0.257 e. The lowest BCUT2D eigenvalue weighted by Crippen LogP contribution is -2.28. The Morgan fingerprint density at radius 2 is 1.50 bits per heavy atom. The molecule has 1 aliphatic heterocycles. The van der Waals surface area contributed by atoms with Crippen LogP contribution in [-0.4, -0.2) is 37.6 Å². The van der Waals surface area contributed by atoms with Crippen molar-refractivity contribution in [2.45, 2.75) is 31.6 Å². The number of carbonyl (C=O) groups is 2. The maximum absolute atomic E-state index is 13.0. The summed E-state index contributed by atoms with van der Waals surface area (Å²) in [4.78, 5) is 26.0. The first-order chi connectivity index (χ1) is 16.3. The number of para-hydroxylation sites is 1. The number of nitrogens with one attached hydrogen (secondary N) is 2. The maximum atomic E-state index is 13.0. The van der Waals surface area contributed by atoms with Gasteiger partial charge in [0, 0.05) is 24.3 Å². The first kappa shape index (κ1) is 23.7. The molecule has 2 amide bonds. The molecule has 176 valence electrons. The van der Waals surface area contributed by atoms with Crippen molar-refractivity contribution in [3.05, 3.63) is 89.0 Å². The molecule has 0 aliphatic carbocycles. The van der Waals surface area contributed by atoms with E-state index in [9.17, 15) is 18.0 Å². The number of sulfonamides is 1. The van der Waals surface area contributed by atoms with E-state index in [0.29, 0.717) is 30.0 Å². The van der Waals surface area contributed by atoms with Crippen LogP contribution in [0.3, 0.4) is 0 Å². The van der Waals surface area contributed by atoms with Crippen LogP contribution in [0.5, 0.6) is 0 Å². The normalized spacial score (nSPS) is 14.1. The van der Waals surface area contributed by atoms with Crippen LogP contribution in [0.25, 0.3) is 0 Å². The molecule has 3 aromatic carbocycles. The highest BCUT2D eigenvalue weighted by Crippen LogP contribution is 2.24. The van der Waals surface area contributed by atoms with Crippen LogP contribution < -0.4 is 10.6 Å². The molecule has 1 saturated heterocycles. The lowest BCUT2D eigenvalue weighted by molar-refractivity contribution is 0.102. The average molecular weight is 478 g/mol. The van der Waals surface area contributed by atoms with Crippen LogP contribution in [0.1, 0.15) is 44.7 Å². The molecule has 3 aromatic rings. The van der Waals surface area contributed by atoms with E-state index in [4.69, 9.17) is 0 Å². The molecular weight excluding hydrogens is 450 g/mol. The topological polar surface area (TPSA) is 95.6 Å². The minimum atomic E-state index is -3.64. The van der Waals surface area contributed by atoms with Crippen LogP contribution in [0, 0.1) is 13.8 Å². The van der Waals surface area contributed by atoms with Crippen molar-refractivity contribution in [1.82, 2.24) is 4.31 Å². The second-order valence-electron chi connectivity index (χ2n) is 8.41. The highest BCUT2D eigenvalue weighted by Gasteiger charge is 2.27. The third-order valence-electron chi connectivity index (χ3n) is 5.85. The standard InChI is InChI=1S/C26H27N3O4S/c1-18-12-13-23(19(2)16-18)27-26(31)22-10-3-4-11-24(22)28-25(30)20-8-7-9-21(17-20)34(32,33)29-14-5-6-15-29/h3-4,7-13,16-17H,5-6,14-15H2,1-2H3,(H,27,31)(H,28,30). The summed E-state index contributed by atoms with van der Waals surface area (Å²) in [5, 5.41) is 5.65. The molecule has 1 aliphatic rings. The molecule has 0 unspecified atom stereocenters. The molecule has 7 nitrogen and oxygen atoms in total. The van der Waals surface area contributed by atoms with E-state index >= 15 is 0 Å². The zero-order valence-electron chi connectivity index (χ0n) is 19.2. The lowest BCUT2D eigenvalue weighted by Gasteiger charge is -2.16. The average Bonchev–Trinajstić information content (AvgIpc) is 3.37. The smallest absolute Gasteiger partial charge is 0.257 e. The summed E-state index contributed by atoms with van der Waals surface area (Å²) in [5.74, 6) is -0.849. The summed E-state index contributed by atoms with van der Waals surface area (Å²) in [5.41, 5.74) is 3.56. The van der Waals surface area contributed by atoms with Crippen LogP contribution in [-0.2, 0) is 10.0 Å². The molecule has 0 radical (unpaired) electrons. The highest BCUT2D eigenvalue weighted by molar-refractivity contribution is 7.89. The number of amides is 2. The Morgan fingerprint density at radius 3 is 2.24 bits per heavy atom. The molecule has 2 N–H and O–H groups in total. The summed E-state index contributed by atoms with van der Waals surface area (Å²) in [6.45, 7) is 4.87. The Kier molecular flexibility index (Phi) is 6.81. The van der Waals surface area contributed by atoms with Gasteiger partial charge in [-0.05, 0) is 68.7 Å². The number of hydrogen-bond donors (Lipinski definition) is 2. The van der Waals surface area contributed by atoms with Crippen molar-refractivity contribution in [1.29, 1.82) is 0 Å². The molecule has 1 fully saturated rings. The van der Waals surface area contributed by atoms with E-state index in [2.05, 4.69) is 10.6 Å². The molecule has 0 aromatic heterocycles. The summed E-state index contributed by atoms with van der Waals surface area (Å²) in [6.07, 6.45) is 1.67. The van der Waals surface area contributed by atoms with Gasteiger partial charge in [-0.25, -0.2) is 8.42 Å². The first-order valence-corrected chi connectivity index (χ1v) is 12.6. The van der Waals surface area contributed by atoms with E-state index in [1.807, 2.05) is 32.0 Å². The summed E-state index contributed by atoms with van der Waals surface area (Å²) in [7, 11) is -3.64. The molecule has 4 rings (SSSR count). The van der Waals surface area contributed by atoms with Gasteiger partial charge in [0.2, 0.25) is 10.0 Å². The SMILES string of the molecule is Cc1ccc(NC(=O)c2ccccc2NC(=O)c2cccc(S(=O)(=O)N3CCCC3)c2)c(C)c1. The van der Waals surface area contributed by atoms with E-state index < -0.39 is 15.9 Å². The third kappa shape index (κ3) is 5.03. The Hall–Kier alpha value is -3.49. The van der Waals surface area contributed by atoms with Crippen LogP contribution in [0.2, 0.25) is 0 Å². The van der Waals surface area contributed by atoms with Crippen molar-refractivity contribution < 1.29 is 18.0 Å². The molecule has 0 bridgehead atoms. The van der Waals surface area contributed by atoms with Gasteiger partial charge in [-0.3, -0.25) is 9.59 Å². The fraction of sp³-hybridized carbons (Fsp3) is 0.231. The van der Waals surface area contributed by atoms with Gasteiger partial charge < -0.3 is 10.6 Å². The van der Waals surface area contributed by atoms with E-state index in [1.165, 1.54) is 16.4 Å². The van der Waals surface area contributed by atoms with Gasteiger partial charge in [0.05, 0.1) is 16.1 Å². The van der Waals surface area contributed by atoms with Crippen molar-refractivity contribution >= 4 is 33.2 Å². The molecule has 0 atom stereocenters. The van der Waals surface area contributed by atoms with Crippen molar-refractivity contribution in [3.8, 4) is 0 Å². The summed E-state index contributed by atoms with van der Waals surface area (Å²) >= 11 is 0. The van der Waals surface area contributed by atoms with Crippen LogP contribution in [0.4, 0.5) is 11.4 Å². The van der Waals surface area contributed by atoms with E-state index in [1.54, 1.807) is 36.4 Å². The number of hydrogen-bond acceptors (Lipinski definition) is 4. The Morgan fingerprint density at radius 1 is 0.794 bits per heavy atom. The quantitative estimate of drug-likeness (QED) is 0.543. The van der Waals surface area contributed by atoms with Gasteiger partial charge in [-0.15, -0.1) is 0 Å². The Bertz CT molecular complexity index is 1350. The van der Waals surface area contributed by atoms with Gasteiger partial charge in [0.25, 0.3) is 11.8 Å². The molecule has 8 heteroatoms. The minimum absolute atomic E-state index is 0.0860. The van der Waals surface area contributed by atoms with Gasteiger partial charge in [-0.1, -0.05) is 35.9 Å². The molecule has 0 saturated carbocycles. The number of rotatable bonds is 6. The van der Waals surface area contributed by atoms with Crippen LogP contribution in [0.15, 0.2) is 71.6 Å². The highest BCUT2D eigenvalue weighted by atomic mass is 32.2. The zero-order valence-corrected chi connectivity index (χ0v) is 20.0. The number of nitrogens with zero attached hydrogens (tertiary/aromatic N) is 1. The summed E-state index contributed by atoms with van der Waals surface area (Å²) in [6, 6.07) is 18.4. The lowest BCUT2D eigenvalue weighted by atomic mass is 10.1. The molecular formula is C26H27N3O4S. The van der Waals surface area contributed by atoms with Gasteiger partial charge in [0.1, 0.15) is 0 Å². The van der Waals surface area contributed by atoms with Crippen molar-refractivity contribution in [3.63, 3.8) is 0 Å². The van der Waals surface area contributed by atoms with Gasteiger partial charge in [-0.2, -0.15) is 4.31 Å². The number of carbonyl (C=O) groups excluding carboxylic acids is 2. The summed E-state index contributed by atoms with van der Waals surface area (Å²) < 4.78 is 27.2. The van der Waals surface area contributed by atoms with Crippen LogP contribution >= 0.6 is 0 Å². The van der Waals surface area contributed by atoms with Crippen molar-refractivity contribution in [2.24, 2.45) is 0 Å². The number of benzene rings is 3. The number of anilines is 2. The minimum Gasteiger partial charge on any atom is -0.322 e. The van der Waals surface area contributed by atoms with Gasteiger partial charge in [0.15, 0.2) is 0 Å². The number of aryl methyl sites for hydroxylation is 2. The van der Waals surface area contributed by atoms with E-state index in [0.717, 1.165) is 24.0 Å². The monoisotopic (exact) mass is 477 g/mol. The first-order valence-electron chi connectivity index (χ1n) is 11.1. The van der Waals surface area contributed by atoms with Gasteiger partial charge >= 0.3 is 0 Å². The fourth-order valence-corrected chi connectivity index (χ4v) is 5.57. The van der Waals surface area contributed by atoms with E-state index in [-0.39, 0.29) is 16.4 Å². The zero-order chi connectivity index (χ0) is 24.3. The Balaban J connectivity index is 1.55. The third-order valence-corrected chi connectivity index (χ3v) is 7.74. The molecule has 1 heterocycles. The predicted molar refractivity (Wildman–Crippen MR) is 133 cm³/mol. The fourth-order valence-electron chi connectivity index (χ4n) is 4.00.